The minimum atomic E-state index is -0.711. The Hall–Kier alpha value is -2.89. The summed E-state index contributed by atoms with van der Waals surface area (Å²) >= 11 is 0. The third-order valence-electron chi connectivity index (χ3n) is 4.53. The zero-order valence-corrected chi connectivity index (χ0v) is 16.6. The number of carbonyl (C=O) groups is 2. The summed E-state index contributed by atoms with van der Waals surface area (Å²) < 4.78 is 19.3. The van der Waals surface area contributed by atoms with Gasteiger partial charge >= 0.3 is 0 Å². The van der Waals surface area contributed by atoms with Crippen LogP contribution in [0, 0.1) is 5.82 Å². The van der Waals surface area contributed by atoms with Gasteiger partial charge in [0.1, 0.15) is 17.6 Å². The van der Waals surface area contributed by atoms with Crippen molar-refractivity contribution in [3.63, 3.8) is 0 Å². The number of carbonyl (C=O) groups excluding carboxylic acids is 2. The van der Waals surface area contributed by atoms with Crippen molar-refractivity contribution in [2.75, 3.05) is 13.7 Å². The monoisotopic (exact) mass is 386 g/mol. The summed E-state index contributed by atoms with van der Waals surface area (Å²) in [6, 6.07) is 12.7. The Morgan fingerprint density at radius 1 is 1.14 bits per heavy atom. The minimum absolute atomic E-state index is 0.0301. The highest BCUT2D eigenvalue weighted by Crippen LogP contribution is 2.16. The molecule has 6 heteroatoms. The predicted octanol–water partition coefficient (Wildman–Crippen LogP) is 3.32. The van der Waals surface area contributed by atoms with E-state index in [-0.39, 0.29) is 24.8 Å². The van der Waals surface area contributed by atoms with Gasteiger partial charge in [-0.2, -0.15) is 0 Å². The van der Waals surface area contributed by atoms with Gasteiger partial charge in [-0.25, -0.2) is 4.39 Å². The third-order valence-corrected chi connectivity index (χ3v) is 4.53. The van der Waals surface area contributed by atoms with Gasteiger partial charge in [-0.1, -0.05) is 37.3 Å². The lowest BCUT2D eigenvalue weighted by Gasteiger charge is -2.29. The van der Waals surface area contributed by atoms with Crippen molar-refractivity contribution in [2.45, 2.75) is 39.3 Å². The molecule has 0 aliphatic carbocycles. The first-order valence-corrected chi connectivity index (χ1v) is 9.39. The number of hydrogen-bond acceptors (Lipinski definition) is 3. The SMILES string of the molecule is CCCNC(=O)[C@H](C)N(Cc1ccccc1F)C(=O)Cc1ccc(OC)cc1. The summed E-state index contributed by atoms with van der Waals surface area (Å²) in [7, 11) is 1.58. The van der Waals surface area contributed by atoms with Crippen molar-refractivity contribution in [1.29, 1.82) is 0 Å². The highest BCUT2D eigenvalue weighted by Gasteiger charge is 2.26. The van der Waals surface area contributed by atoms with Crippen LogP contribution in [0.15, 0.2) is 48.5 Å². The van der Waals surface area contributed by atoms with Crippen LogP contribution >= 0.6 is 0 Å². The second kappa shape index (κ2) is 10.4. The van der Waals surface area contributed by atoms with E-state index in [0.717, 1.165) is 12.0 Å². The van der Waals surface area contributed by atoms with Crippen LogP contribution in [0.25, 0.3) is 0 Å². The molecule has 1 N–H and O–H groups in total. The molecule has 150 valence electrons. The molecule has 0 unspecified atom stereocenters. The Bertz CT molecular complexity index is 793. The Morgan fingerprint density at radius 2 is 1.82 bits per heavy atom. The average molecular weight is 386 g/mol. The van der Waals surface area contributed by atoms with Gasteiger partial charge in [0, 0.05) is 18.7 Å². The van der Waals surface area contributed by atoms with Gasteiger partial charge in [-0.05, 0) is 37.1 Å². The molecule has 0 saturated heterocycles. The first-order chi connectivity index (χ1) is 13.5. The number of hydrogen-bond donors (Lipinski definition) is 1. The fourth-order valence-electron chi connectivity index (χ4n) is 2.81. The standard InChI is InChI=1S/C22H27FN2O3/c1-4-13-24-22(27)16(2)25(15-18-7-5-6-8-20(18)23)21(26)14-17-9-11-19(28-3)12-10-17/h5-12,16H,4,13-15H2,1-3H3,(H,24,27)/t16-/m0/s1. The quantitative estimate of drug-likeness (QED) is 0.719. The average Bonchev–Trinajstić information content (AvgIpc) is 2.71. The smallest absolute Gasteiger partial charge is 0.242 e. The molecule has 0 radical (unpaired) electrons. The number of rotatable bonds is 9. The van der Waals surface area contributed by atoms with E-state index in [2.05, 4.69) is 5.32 Å². The first kappa shape index (κ1) is 21.4. The van der Waals surface area contributed by atoms with E-state index >= 15 is 0 Å². The van der Waals surface area contributed by atoms with E-state index in [0.29, 0.717) is 17.9 Å². The summed E-state index contributed by atoms with van der Waals surface area (Å²) in [5.74, 6) is -0.188. The maximum absolute atomic E-state index is 14.1. The van der Waals surface area contributed by atoms with Crippen LogP contribution in [0.1, 0.15) is 31.4 Å². The Balaban J connectivity index is 2.21. The second-order valence-electron chi connectivity index (χ2n) is 6.60. The van der Waals surface area contributed by atoms with Gasteiger partial charge in [0.15, 0.2) is 0 Å². The zero-order chi connectivity index (χ0) is 20.5. The molecule has 0 saturated carbocycles. The van der Waals surface area contributed by atoms with Gasteiger partial charge in [0.05, 0.1) is 13.5 Å². The molecule has 2 aromatic rings. The molecule has 2 amide bonds. The molecule has 1 atom stereocenters. The number of nitrogens with one attached hydrogen (secondary N) is 1. The van der Waals surface area contributed by atoms with Crippen molar-refractivity contribution < 1.29 is 18.7 Å². The lowest BCUT2D eigenvalue weighted by molar-refractivity contribution is -0.140. The minimum Gasteiger partial charge on any atom is -0.497 e. The van der Waals surface area contributed by atoms with Crippen LogP contribution in [0.4, 0.5) is 4.39 Å². The molecule has 0 fully saturated rings. The van der Waals surface area contributed by atoms with Gasteiger partial charge in [0.25, 0.3) is 0 Å². The van der Waals surface area contributed by atoms with Crippen molar-refractivity contribution in [2.24, 2.45) is 0 Å². The lowest BCUT2D eigenvalue weighted by Crippen LogP contribution is -2.48. The van der Waals surface area contributed by atoms with E-state index in [1.165, 1.54) is 11.0 Å². The largest absolute Gasteiger partial charge is 0.497 e. The zero-order valence-electron chi connectivity index (χ0n) is 16.6. The predicted molar refractivity (Wildman–Crippen MR) is 106 cm³/mol. The van der Waals surface area contributed by atoms with Gasteiger partial charge in [0.2, 0.25) is 11.8 Å². The highest BCUT2D eigenvalue weighted by atomic mass is 19.1. The Morgan fingerprint density at radius 3 is 2.43 bits per heavy atom. The van der Waals surface area contributed by atoms with Gasteiger partial charge < -0.3 is 15.0 Å². The molecule has 2 aromatic carbocycles. The van der Waals surface area contributed by atoms with Crippen molar-refractivity contribution in [1.82, 2.24) is 10.2 Å². The number of ether oxygens (including phenoxy) is 1. The topological polar surface area (TPSA) is 58.6 Å². The van der Waals surface area contributed by atoms with Crippen LogP contribution in [0.5, 0.6) is 5.75 Å². The molecule has 0 aliphatic rings. The van der Waals surface area contributed by atoms with Crippen LogP contribution < -0.4 is 10.1 Å². The second-order valence-corrected chi connectivity index (χ2v) is 6.60. The Labute approximate surface area is 165 Å². The van der Waals surface area contributed by atoms with Crippen molar-refractivity contribution in [3.05, 3.63) is 65.5 Å². The Kier molecular flexibility index (Phi) is 7.99. The van der Waals surface area contributed by atoms with E-state index in [9.17, 15) is 14.0 Å². The van der Waals surface area contributed by atoms with Gasteiger partial charge in [-0.15, -0.1) is 0 Å². The van der Waals surface area contributed by atoms with E-state index in [4.69, 9.17) is 4.74 Å². The van der Waals surface area contributed by atoms with Crippen LogP contribution in [0.2, 0.25) is 0 Å². The number of amides is 2. The first-order valence-electron chi connectivity index (χ1n) is 9.39. The van der Waals surface area contributed by atoms with Crippen LogP contribution in [-0.2, 0) is 22.6 Å². The molecule has 0 aromatic heterocycles. The van der Waals surface area contributed by atoms with Crippen LogP contribution in [-0.4, -0.2) is 36.4 Å². The fourth-order valence-corrected chi connectivity index (χ4v) is 2.81. The third kappa shape index (κ3) is 5.81. The normalized spacial score (nSPS) is 11.6. The molecule has 28 heavy (non-hydrogen) atoms. The molecule has 0 spiro atoms. The van der Waals surface area contributed by atoms with Crippen LogP contribution in [0.3, 0.4) is 0 Å². The summed E-state index contributed by atoms with van der Waals surface area (Å²) in [5, 5.41) is 2.80. The highest BCUT2D eigenvalue weighted by molar-refractivity contribution is 5.88. The van der Waals surface area contributed by atoms with Crippen molar-refractivity contribution >= 4 is 11.8 Å². The van der Waals surface area contributed by atoms with E-state index < -0.39 is 11.9 Å². The molecule has 0 aliphatic heterocycles. The summed E-state index contributed by atoms with van der Waals surface area (Å²) in [5.41, 5.74) is 1.17. The van der Waals surface area contributed by atoms with Gasteiger partial charge in [-0.3, -0.25) is 9.59 Å². The summed E-state index contributed by atoms with van der Waals surface area (Å²) in [6.45, 7) is 4.18. The van der Waals surface area contributed by atoms with Crippen molar-refractivity contribution in [3.8, 4) is 5.75 Å². The van der Waals surface area contributed by atoms with E-state index in [1.807, 2.05) is 6.92 Å². The fraction of sp³-hybridized carbons (Fsp3) is 0.364. The molecule has 2 rings (SSSR count). The molecular weight excluding hydrogens is 359 g/mol. The number of halogens is 1. The lowest BCUT2D eigenvalue weighted by atomic mass is 10.1. The number of benzene rings is 2. The molecule has 0 bridgehead atoms. The maximum Gasteiger partial charge on any atom is 0.242 e. The molecule has 5 nitrogen and oxygen atoms in total. The maximum atomic E-state index is 14.1. The molecule has 0 heterocycles. The molecular formula is C22H27FN2O3. The number of nitrogens with zero attached hydrogens (tertiary/aromatic N) is 1. The summed E-state index contributed by atoms with van der Waals surface area (Å²) in [4.78, 5) is 26.9. The number of methoxy groups -OCH3 is 1. The van der Waals surface area contributed by atoms with E-state index in [1.54, 1.807) is 56.5 Å². The summed E-state index contributed by atoms with van der Waals surface area (Å²) in [6.07, 6.45) is 0.912.